The summed E-state index contributed by atoms with van der Waals surface area (Å²) in [7, 11) is -3.01. The summed E-state index contributed by atoms with van der Waals surface area (Å²) < 4.78 is 33.3. The lowest BCUT2D eigenvalue weighted by molar-refractivity contribution is -0.119. The second kappa shape index (κ2) is 6.36. The fourth-order valence-electron chi connectivity index (χ4n) is 2.29. The number of hydrogen-bond donors (Lipinski definition) is 1. The Morgan fingerprint density at radius 3 is 2.96 bits per heavy atom. The molecule has 0 unspecified atom stereocenters. The molecule has 1 aliphatic rings. The minimum absolute atomic E-state index is 0.00782. The largest absolute Gasteiger partial charge is 0.469 e. The van der Waals surface area contributed by atoms with Crippen LogP contribution < -0.4 is 5.32 Å². The third-order valence-corrected chi connectivity index (χ3v) is 6.01. The van der Waals surface area contributed by atoms with Gasteiger partial charge in [-0.15, -0.1) is 10.2 Å². The molecule has 2 aromatic rings. The Kier molecular flexibility index (Phi) is 4.44. The predicted octanol–water partition coefficient (Wildman–Crippen LogP) is 1.03. The Balaban J connectivity index is 1.52. The van der Waals surface area contributed by atoms with Gasteiger partial charge in [0.1, 0.15) is 5.76 Å². The molecule has 1 atom stereocenters. The number of nitrogens with zero attached hydrogens (tertiary/aromatic N) is 2. The molecular formula is C13H15N3O5S2. The summed E-state index contributed by atoms with van der Waals surface area (Å²) in [4.78, 5) is 11.8. The van der Waals surface area contributed by atoms with Gasteiger partial charge in [0.15, 0.2) is 9.84 Å². The van der Waals surface area contributed by atoms with Crippen LogP contribution in [0.4, 0.5) is 0 Å². The Morgan fingerprint density at radius 1 is 1.48 bits per heavy atom. The van der Waals surface area contributed by atoms with E-state index >= 15 is 0 Å². The van der Waals surface area contributed by atoms with Gasteiger partial charge in [-0.25, -0.2) is 8.42 Å². The van der Waals surface area contributed by atoms with Crippen LogP contribution in [0.2, 0.25) is 0 Å². The number of furan rings is 1. The zero-order valence-corrected chi connectivity index (χ0v) is 13.9. The van der Waals surface area contributed by atoms with E-state index in [4.69, 9.17) is 8.83 Å². The van der Waals surface area contributed by atoms with Gasteiger partial charge in [0.2, 0.25) is 5.91 Å². The van der Waals surface area contributed by atoms with Crippen molar-refractivity contribution in [1.29, 1.82) is 0 Å². The van der Waals surface area contributed by atoms with Crippen molar-refractivity contribution in [1.82, 2.24) is 15.5 Å². The molecule has 0 bridgehead atoms. The van der Waals surface area contributed by atoms with Crippen molar-refractivity contribution in [3.8, 4) is 11.5 Å². The van der Waals surface area contributed by atoms with Gasteiger partial charge < -0.3 is 14.2 Å². The van der Waals surface area contributed by atoms with Gasteiger partial charge >= 0.3 is 0 Å². The van der Waals surface area contributed by atoms with E-state index in [1.54, 1.807) is 13.0 Å². The van der Waals surface area contributed by atoms with Gasteiger partial charge in [0.05, 0.1) is 29.1 Å². The van der Waals surface area contributed by atoms with Crippen molar-refractivity contribution >= 4 is 27.5 Å². The molecule has 0 aromatic carbocycles. The molecule has 8 nitrogen and oxygen atoms in total. The SMILES string of the molecule is Cc1occc1-c1nnc(SCC(=O)N[C@@H]2CCS(=O)(=O)C2)o1. The van der Waals surface area contributed by atoms with Crippen LogP contribution >= 0.6 is 11.8 Å². The van der Waals surface area contributed by atoms with E-state index in [-0.39, 0.29) is 34.4 Å². The Labute approximate surface area is 136 Å². The minimum atomic E-state index is -3.01. The van der Waals surface area contributed by atoms with Crippen molar-refractivity contribution in [2.45, 2.75) is 24.6 Å². The summed E-state index contributed by atoms with van der Waals surface area (Å²) in [5.74, 6) is 0.973. The van der Waals surface area contributed by atoms with E-state index < -0.39 is 9.84 Å². The minimum Gasteiger partial charge on any atom is -0.469 e. The molecule has 3 heterocycles. The number of carbonyl (C=O) groups excluding carboxylic acids is 1. The smallest absolute Gasteiger partial charge is 0.277 e. The molecule has 0 saturated carbocycles. The van der Waals surface area contributed by atoms with Gasteiger partial charge in [-0.05, 0) is 19.4 Å². The van der Waals surface area contributed by atoms with Crippen LogP contribution in [0.15, 0.2) is 26.4 Å². The molecule has 10 heteroatoms. The van der Waals surface area contributed by atoms with Gasteiger partial charge in [0, 0.05) is 6.04 Å². The second-order valence-electron chi connectivity index (χ2n) is 5.22. The summed E-state index contributed by atoms with van der Waals surface area (Å²) in [5.41, 5.74) is 0.713. The van der Waals surface area contributed by atoms with Crippen molar-refractivity contribution < 1.29 is 22.0 Å². The standard InChI is InChI=1S/C13H15N3O5S2/c1-8-10(2-4-20-8)12-15-16-13(21-12)22-6-11(17)14-9-3-5-23(18,19)7-9/h2,4,9H,3,5-7H2,1H3,(H,14,17)/t9-/m1/s1. The lowest BCUT2D eigenvalue weighted by atomic mass is 10.3. The molecular weight excluding hydrogens is 342 g/mol. The van der Waals surface area contributed by atoms with Gasteiger partial charge in [-0.3, -0.25) is 4.79 Å². The van der Waals surface area contributed by atoms with E-state index in [0.717, 1.165) is 11.8 Å². The van der Waals surface area contributed by atoms with Crippen LogP contribution in [-0.4, -0.2) is 47.8 Å². The first kappa shape index (κ1) is 16.1. The maximum Gasteiger partial charge on any atom is 0.277 e. The average molecular weight is 357 g/mol. The van der Waals surface area contributed by atoms with Crippen molar-refractivity contribution in [3.05, 3.63) is 18.1 Å². The summed E-state index contributed by atoms with van der Waals surface area (Å²) >= 11 is 1.10. The molecule has 124 valence electrons. The van der Waals surface area contributed by atoms with E-state index in [1.807, 2.05) is 0 Å². The first-order valence-corrected chi connectivity index (χ1v) is 9.74. The van der Waals surface area contributed by atoms with Gasteiger partial charge in [0.25, 0.3) is 11.1 Å². The highest BCUT2D eigenvalue weighted by atomic mass is 32.2. The lowest BCUT2D eigenvalue weighted by Crippen LogP contribution is -2.36. The number of carbonyl (C=O) groups is 1. The van der Waals surface area contributed by atoms with Crippen LogP contribution in [0.1, 0.15) is 12.2 Å². The van der Waals surface area contributed by atoms with Crippen molar-refractivity contribution in [2.24, 2.45) is 0 Å². The summed E-state index contributed by atoms with van der Waals surface area (Å²) in [6, 6.07) is 1.42. The summed E-state index contributed by atoms with van der Waals surface area (Å²) in [5, 5.41) is 10.8. The Hall–Kier alpha value is -1.81. The Morgan fingerprint density at radius 2 is 2.30 bits per heavy atom. The molecule has 23 heavy (non-hydrogen) atoms. The number of sulfone groups is 1. The molecule has 1 fully saturated rings. The molecule has 1 N–H and O–H groups in total. The first-order chi connectivity index (χ1) is 10.9. The van der Waals surface area contributed by atoms with E-state index in [1.165, 1.54) is 6.26 Å². The van der Waals surface area contributed by atoms with E-state index in [2.05, 4.69) is 15.5 Å². The van der Waals surface area contributed by atoms with Crippen LogP contribution in [0.5, 0.6) is 0 Å². The molecule has 3 rings (SSSR count). The molecule has 1 aliphatic heterocycles. The van der Waals surface area contributed by atoms with Gasteiger partial charge in [-0.2, -0.15) is 0 Å². The number of aryl methyl sites for hydroxylation is 1. The second-order valence-corrected chi connectivity index (χ2v) is 8.38. The Bertz CT molecular complexity index is 811. The third kappa shape index (κ3) is 3.94. The van der Waals surface area contributed by atoms with Crippen molar-refractivity contribution in [2.75, 3.05) is 17.3 Å². The number of amides is 1. The maximum absolute atomic E-state index is 11.8. The molecule has 0 aliphatic carbocycles. The van der Waals surface area contributed by atoms with Crippen molar-refractivity contribution in [3.63, 3.8) is 0 Å². The summed E-state index contributed by atoms with van der Waals surface area (Å²) in [6.45, 7) is 1.79. The molecule has 0 spiro atoms. The fraction of sp³-hybridized carbons (Fsp3) is 0.462. The van der Waals surface area contributed by atoms with Crippen LogP contribution in [-0.2, 0) is 14.6 Å². The fourth-order valence-corrected chi connectivity index (χ4v) is 4.54. The predicted molar refractivity (Wildman–Crippen MR) is 82.7 cm³/mol. The third-order valence-electron chi connectivity index (χ3n) is 3.42. The first-order valence-electron chi connectivity index (χ1n) is 6.93. The highest BCUT2D eigenvalue weighted by Crippen LogP contribution is 2.26. The summed E-state index contributed by atoms with van der Waals surface area (Å²) in [6.07, 6.45) is 1.99. The highest BCUT2D eigenvalue weighted by molar-refractivity contribution is 7.99. The number of aromatic nitrogens is 2. The van der Waals surface area contributed by atoms with Crippen LogP contribution in [0.25, 0.3) is 11.5 Å². The zero-order chi connectivity index (χ0) is 16.4. The number of hydrogen-bond acceptors (Lipinski definition) is 8. The number of thioether (sulfide) groups is 1. The van der Waals surface area contributed by atoms with Crippen LogP contribution in [0.3, 0.4) is 0 Å². The molecule has 1 saturated heterocycles. The van der Waals surface area contributed by atoms with E-state index in [9.17, 15) is 13.2 Å². The topological polar surface area (TPSA) is 115 Å². The number of nitrogens with one attached hydrogen (secondary N) is 1. The monoisotopic (exact) mass is 357 g/mol. The molecule has 2 aromatic heterocycles. The van der Waals surface area contributed by atoms with Gasteiger partial charge in [-0.1, -0.05) is 11.8 Å². The van der Waals surface area contributed by atoms with E-state index in [0.29, 0.717) is 23.6 Å². The highest BCUT2D eigenvalue weighted by Gasteiger charge is 2.28. The molecule has 0 radical (unpaired) electrons. The molecule has 1 amide bonds. The average Bonchev–Trinajstić information content (AvgIpc) is 3.17. The maximum atomic E-state index is 11.8. The quantitative estimate of drug-likeness (QED) is 0.789. The van der Waals surface area contributed by atoms with Crippen LogP contribution in [0, 0.1) is 6.92 Å². The number of rotatable bonds is 5. The zero-order valence-electron chi connectivity index (χ0n) is 12.3. The lowest BCUT2D eigenvalue weighted by Gasteiger charge is -2.09. The normalized spacial score (nSPS) is 19.8.